The minimum absolute atomic E-state index is 0.0945. The first kappa shape index (κ1) is 30.6. The number of carbonyl (C=O) groups excluding carboxylic acids is 2. The summed E-state index contributed by atoms with van der Waals surface area (Å²) in [6, 6.07) is 12.8. The van der Waals surface area contributed by atoms with Gasteiger partial charge in [-0.15, -0.1) is 0 Å². The van der Waals surface area contributed by atoms with Crippen LogP contribution < -0.4 is 26.6 Å². The Kier molecular flexibility index (Phi) is 10.2. The topological polar surface area (TPSA) is 94.3 Å². The molecule has 2 amide bonds. The number of carbonyl (C=O) groups is 2. The number of amides is 2. The number of hydrogen-bond donors (Lipinski definition) is 5. The van der Waals surface area contributed by atoms with Crippen LogP contribution in [0.25, 0.3) is 0 Å². The second kappa shape index (κ2) is 13.0. The van der Waals surface area contributed by atoms with Crippen molar-refractivity contribution >= 4 is 91.0 Å². The first-order valence-electron chi connectivity index (χ1n) is 11.7. The molecule has 0 heterocycles. The molecule has 12 heteroatoms. The predicted octanol–water partition coefficient (Wildman–Crippen LogP) is 7.66. The Balaban J connectivity index is 1.80. The van der Waals surface area contributed by atoms with Crippen LogP contribution in [0, 0.1) is 11.2 Å². The summed E-state index contributed by atoms with van der Waals surface area (Å²) >= 11 is 21.8. The van der Waals surface area contributed by atoms with Crippen molar-refractivity contribution in [2.24, 2.45) is 5.41 Å². The Morgan fingerprint density at radius 1 is 0.974 bits per heavy atom. The lowest BCUT2D eigenvalue weighted by Crippen LogP contribution is -2.34. The Labute approximate surface area is 250 Å². The Hall–Kier alpha value is -2.92. The molecule has 39 heavy (non-hydrogen) atoms. The molecule has 0 saturated heterocycles. The molecule has 3 aromatic rings. The van der Waals surface area contributed by atoms with E-state index in [0.717, 1.165) is 4.47 Å². The molecule has 0 fully saturated rings. The molecule has 0 bridgehead atoms. The van der Waals surface area contributed by atoms with Gasteiger partial charge in [-0.05, 0) is 60.2 Å². The van der Waals surface area contributed by atoms with Gasteiger partial charge in [0, 0.05) is 29.2 Å². The second-order valence-electron chi connectivity index (χ2n) is 9.50. The van der Waals surface area contributed by atoms with Gasteiger partial charge in [0.15, 0.2) is 5.11 Å². The molecule has 7 nitrogen and oxygen atoms in total. The minimum Gasteiger partial charge on any atom is -0.386 e. The van der Waals surface area contributed by atoms with Crippen LogP contribution in [0.2, 0.25) is 10.0 Å². The van der Waals surface area contributed by atoms with E-state index in [9.17, 15) is 14.0 Å². The molecular weight excluding hydrogens is 628 g/mol. The molecule has 206 valence electrons. The van der Waals surface area contributed by atoms with E-state index in [1.54, 1.807) is 43.4 Å². The van der Waals surface area contributed by atoms with Crippen molar-refractivity contribution in [3.05, 3.63) is 80.0 Å². The normalized spacial score (nSPS) is 11.0. The Bertz CT molecular complexity index is 1410. The molecule has 5 N–H and O–H groups in total. The molecule has 0 unspecified atom stereocenters. The number of rotatable bonds is 7. The summed E-state index contributed by atoms with van der Waals surface area (Å²) in [6.45, 7) is 5.63. The lowest BCUT2D eigenvalue weighted by molar-refractivity contribution is -0.128. The predicted molar refractivity (Wildman–Crippen MR) is 166 cm³/mol. The maximum atomic E-state index is 14.8. The molecular formula is C27H27BrCl2FN5O2S. The van der Waals surface area contributed by atoms with E-state index in [1.807, 2.05) is 20.8 Å². The standard InChI is InChI=1S/C27H27BrCl2FN5O2S/c1-27(2,3)25(38)33-13-14-5-10-18(29)23(22(14)30)36-26(39)35-21-11-17(19(31)12-20(21)32-4)24(37)34-16-8-6-15(28)7-9-16/h5-12,32H,13H2,1-4H3,(H,33,38)(H,34,37)(H2,35,36,39). The quantitative estimate of drug-likeness (QED) is 0.168. The molecule has 0 aliphatic heterocycles. The summed E-state index contributed by atoms with van der Waals surface area (Å²) < 4.78 is 15.7. The highest BCUT2D eigenvalue weighted by Crippen LogP contribution is 2.34. The summed E-state index contributed by atoms with van der Waals surface area (Å²) in [7, 11) is 1.61. The van der Waals surface area contributed by atoms with Crippen LogP contribution in [0.15, 0.2) is 53.0 Å². The maximum Gasteiger partial charge on any atom is 0.258 e. The van der Waals surface area contributed by atoms with Crippen LogP contribution in [0.3, 0.4) is 0 Å². The van der Waals surface area contributed by atoms with Crippen LogP contribution in [0.4, 0.5) is 27.1 Å². The Morgan fingerprint density at radius 3 is 2.26 bits per heavy atom. The molecule has 0 aromatic heterocycles. The third-order valence-corrected chi connectivity index (χ3v) is 6.98. The lowest BCUT2D eigenvalue weighted by Gasteiger charge is -2.20. The minimum atomic E-state index is -0.713. The fraction of sp³-hybridized carbons (Fsp3) is 0.222. The van der Waals surface area contributed by atoms with E-state index >= 15 is 0 Å². The van der Waals surface area contributed by atoms with E-state index in [0.29, 0.717) is 33.3 Å². The highest BCUT2D eigenvalue weighted by atomic mass is 79.9. The number of anilines is 4. The number of thiocarbonyl (C=S) groups is 1. The van der Waals surface area contributed by atoms with Crippen molar-refractivity contribution in [1.82, 2.24) is 5.32 Å². The Morgan fingerprint density at radius 2 is 1.64 bits per heavy atom. The second-order valence-corrected chi connectivity index (χ2v) is 11.6. The SMILES string of the molecule is CNc1cc(F)c(C(=O)Nc2ccc(Br)cc2)cc1NC(=S)Nc1c(Cl)ccc(CNC(=O)C(C)(C)C)c1Cl. The summed E-state index contributed by atoms with van der Waals surface area (Å²) in [5, 5.41) is 15.0. The van der Waals surface area contributed by atoms with E-state index in [4.69, 9.17) is 35.4 Å². The average molecular weight is 655 g/mol. The summed E-state index contributed by atoms with van der Waals surface area (Å²) in [4.78, 5) is 25.1. The molecule has 3 rings (SSSR count). The molecule has 0 aliphatic carbocycles. The van der Waals surface area contributed by atoms with E-state index in [-0.39, 0.29) is 28.2 Å². The van der Waals surface area contributed by atoms with Gasteiger partial charge in [-0.25, -0.2) is 4.39 Å². The zero-order chi connectivity index (χ0) is 28.9. The fourth-order valence-electron chi connectivity index (χ4n) is 3.34. The highest BCUT2D eigenvalue weighted by Gasteiger charge is 2.22. The third kappa shape index (κ3) is 8.04. The number of halogens is 4. The van der Waals surface area contributed by atoms with Crippen LogP contribution >= 0.6 is 51.3 Å². The molecule has 0 aliphatic rings. The van der Waals surface area contributed by atoms with Crippen LogP contribution in [-0.4, -0.2) is 24.0 Å². The number of nitrogens with one attached hydrogen (secondary N) is 5. The largest absolute Gasteiger partial charge is 0.386 e. The van der Waals surface area contributed by atoms with Crippen LogP contribution in [0.5, 0.6) is 0 Å². The van der Waals surface area contributed by atoms with Gasteiger partial charge in [-0.1, -0.05) is 66.0 Å². The van der Waals surface area contributed by atoms with Gasteiger partial charge in [0.05, 0.1) is 32.7 Å². The average Bonchev–Trinajstić information content (AvgIpc) is 2.87. The molecule has 0 atom stereocenters. The van der Waals surface area contributed by atoms with Crippen LogP contribution in [0.1, 0.15) is 36.7 Å². The smallest absolute Gasteiger partial charge is 0.258 e. The van der Waals surface area contributed by atoms with E-state index in [2.05, 4.69) is 42.5 Å². The van der Waals surface area contributed by atoms with Gasteiger partial charge in [0.1, 0.15) is 5.82 Å². The molecule has 0 radical (unpaired) electrons. The first-order chi connectivity index (χ1) is 18.3. The van der Waals surface area contributed by atoms with Gasteiger partial charge in [-0.2, -0.15) is 0 Å². The molecule has 0 saturated carbocycles. The maximum absolute atomic E-state index is 14.8. The van der Waals surface area contributed by atoms with Gasteiger partial charge >= 0.3 is 0 Å². The van der Waals surface area contributed by atoms with Crippen molar-refractivity contribution in [2.75, 3.05) is 28.3 Å². The van der Waals surface area contributed by atoms with Gasteiger partial charge in [-0.3, -0.25) is 9.59 Å². The van der Waals surface area contributed by atoms with E-state index < -0.39 is 17.1 Å². The van der Waals surface area contributed by atoms with Crippen molar-refractivity contribution < 1.29 is 14.0 Å². The number of hydrogen-bond acceptors (Lipinski definition) is 4. The van der Waals surface area contributed by atoms with Gasteiger partial charge in [0.25, 0.3) is 5.91 Å². The summed E-state index contributed by atoms with van der Waals surface area (Å²) in [6.07, 6.45) is 0. The van der Waals surface area contributed by atoms with Crippen molar-refractivity contribution in [1.29, 1.82) is 0 Å². The molecule has 3 aromatic carbocycles. The first-order valence-corrected chi connectivity index (χ1v) is 13.7. The van der Waals surface area contributed by atoms with Crippen molar-refractivity contribution in [3.8, 4) is 0 Å². The fourth-order valence-corrected chi connectivity index (χ4v) is 4.35. The third-order valence-electron chi connectivity index (χ3n) is 5.50. The monoisotopic (exact) mass is 653 g/mol. The van der Waals surface area contributed by atoms with Crippen molar-refractivity contribution in [3.63, 3.8) is 0 Å². The van der Waals surface area contributed by atoms with E-state index in [1.165, 1.54) is 12.1 Å². The lowest BCUT2D eigenvalue weighted by atomic mass is 9.95. The zero-order valence-electron chi connectivity index (χ0n) is 21.6. The van der Waals surface area contributed by atoms with Crippen molar-refractivity contribution in [2.45, 2.75) is 27.3 Å². The molecule has 0 spiro atoms. The van der Waals surface area contributed by atoms with Gasteiger partial charge in [0.2, 0.25) is 5.91 Å². The zero-order valence-corrected chi connectivity index (χ0v) is 25.5. The summed E-state index contributed by atoms with van der Waals surface area (Å²) in [5.41, 5.74) is 1.45. The van der Waals surface area contributed by atoms with Gasteiger partial charge < -0.3 is 26.6 Å². The highest BCUT2D eigenvalue weighted by molar-refractivity contribution is 9.10. The number of benzene rings is 3. The summed E-state index contributed by atoms with van der Waals surface area (Å²) in [5.74, 6) is -1.47. The van der Waals surface area contributed by atoms with Crippen LogP contribution in [-0.2, 0) is 11.3 Å².